The van der Waals surface area contributed by atoms with Crippen LogP contribution in [0, 0.1) is 0 Å². The average Bonchev–Trinajstić information content (AvgIpc) is 3.24. The van der Waals surface area contributed by atoms with Crippen LogP contribution in [-0.2, 0) is 35.6 Å². The molecular formula is C23H27NO7S. The molecule has 2 atom stereocenters. The van der Waals surface area contributed by atoms with Crippen LogP contribution < -0.4 is 4.18 Å². The zero-order valence-corrected chi connectivity index (χ0v) is 19.1. The van der Waals surface area contributed by atoms with Crippen molar-refractivity contribution in [2.45, 2.75) is 38.9 Å². The van der Waals surface area contributed by atoms with Gasteiger partial charge in [0.1, 0.15) is 5.75 Å². The molecule has 0 spiro atoms. The first-order valence-electron chi connectivity index (χ1n) is 10.4. The van der Waals surface area contributed by atoms with Gasteiger partial charge in [-0.1, -0.05) is 35.5 Å². The number of rotatable bonds is 10. The number of carbonyl (C=O) groups is 1. The van der Waals surface area contributed by atoms with Crippen LogP contribution in [0.3, 0.4) is 0 Å². The van der Waals surface area contributed by atoms with Crippen molar-refractivity contribution in [3.8, 4) is 5.75 Å². The second kappa shape index (κ2) is 10.6. The maximum atomic E-state index is 12.1. The third-order valence-electron chi connectivity index (χ3n) is 4.77. The molecule has 1 aliphatic heterocycles. The topological polar surface area (TPSA) is 100 Å². The Morgan fingerprint density at radius 3 is 2.56 bits per heavy atom. The summed E-state index contributed by atoms with van der Waals surface area (Å²) in [5.74, 6) is -0.127. The molecule has 2 aromatic rings. The number of benzene rings is 2. The molecule has 1 aliphatic rings. The highest BCUT2D eigenvalue weighted by Crippen LogP contribution is 2.31. The standard InChI is InChI=1S/C23H27NO7S/c1-4-28-22(23(25)29-5-2)14-16-7-6-8-18(13-16)20-15-21(30-24-20)17-9-11-19(12-10-17)31-32(3,26)27/h6-13,21-22H,4-5,14-15H2,1-3H3. The maximum Gasteiger partial charge on any atom is 0.335 e. The van der Waals surface area contributed by atoms with Gasteiger partial charge in [0, 0.05) is 19.4 Å². The van der Waals surface area contributed by atoms with Crippen LogP contribution in [-0.4, -0.2) is 45.7 Å². The van der Waals surface area contributed by atoms with E-state index in [1.165, 1.54) is 0 Å². The van der Waals surface area contributed by atoms with Crippen LogP contribution in [0.2, 0.25) is 0 Å². The Kier molecular flexibility index (Phi) is 7.87. The summed E-state index contributed by atoms with van der Waals surface area (Å²) in [5, 5.41) is 4.23. The Balaban J connectivity index is 1.66. The molecule has 0 radical (unpaired) electrons. The van der Waals surface area contributed by atoms with Gasteiger partial charge >= 0.3 is 16.1 Å². The Bertz CT molecular complexity index is 1060. The summed E-state index contributed by atoms with van der Waals surface area (Å²) in [4.78, 5) is 17.8. The van der Waals surface area contributed by atoms with Gasteiger partial charge in [0.2, 0.25) is 0 Å². The van der Waals surface area contributed by atoms with Crippen LogP contribution in [0.4, 0.5) is 0 Å². The molecule has 3 rings (SSSR count). The number of ether oxygens (including phenoxy) is 2. The Hall–Kier alpha value is -2.91. The summed E-state index contributed by atoms with van der Waals surface area (Å²) in [6, 6.07) is 14.4. The molecule has 2 unspecified atom stereocenters. The highest BCUT2D eigenvalue weighted by atomic mass is 32.2. The second-order valence-electron chi connectivity index (χ2n) is 7.29. The van der Waals surface area contributed by atoms with Crippen molar-refractivity contribution >= 4 is 21.8 Å². The molecule has 0 N–H and O–H groups in total. The van der Waals surface area contributed by atoms with Gasteiger partial charge in [-0.3, -0.25) is 0 Å². The number of carbonyl (C=O) groups excluding carboxylic acids is 1. The second-order valence-corrected chi connectivity index (χ2v) is 8.87. The largest absolute Gasteiger partial charge is 0.464 e. The normalized spacial score (nSPS) is 16.7. The Morgan fingerprint density at radius 2 is 1.91 bits per heavy atom. The Morgan fingerprint density at radius 1 is 1.16 bits per heavy atom. The van der Waals surface area contributed by atoms with E-state index in [1.54, 1.807) is 31.2 Å². The summed E-state index contributed by atoms with van der Waals surface area (Å²) in [6.07, 6.45) is 1.02. The van der Waals surface area contributed by atoms with Gasteiger partial charge in [0.15, 0.2) is 12.2 Å². The Labute approximate surface area is 188 Å². The highest BCUT2D eigenvalue weighted by molar-refractivity contribution is 7.86. The summed E-state index contributed by atoms with van der Waals surface area (Å²) >= 11 is 0. The molecule has 8 nitrogen and oxygen atoms in total. The number of nitrogens with zero attached hydrogens (tertiary/aromatic N) is 1. The molecule has 0 aliphatic carbocycles. The van der Waals surface area contributed by atoms with Crippen molar-refractivity contribution < 1.29 is 31.7 Å². The first kappa shape index (κ1) is 23.7. The van der Waals surface area contributed by atoms with E-state index >= 15 is 0 Å². The van der Waals surface area contributed by atoms with Crippen molar-refractivity contribution in [3.63, 3.8) is 0 Å². The number of esters is 1. The molecule has 1 heterocycles. The molecule has 0 amide bonds. The SMILES string of the molecule is CCOC(=O)C(Cc1cccc(C2=NOC(c3ccc(OS(C)(=O)=O)cc3)C2)c1)OCC. The van der Waals surface area contributed by atoms with E-state index in [2.05, 4.69) is 5.16 Å². The van der Waals surface area contributed by atoms with Crippen LogP contribution >= 0.6 is 0 Å². The number of hydrogen-bond donors (Lipinski definition) is 0. The maximum absolute atomic E-state index is 12.1. The quantitative estimate of drug-likeness (QED) is 0.395. The van der Waals surface area contributed by atoms with Crippen molar-refractivity contribution in [2.24, 2.45) is 5.16 Å². The zero-order valence-electron chi connectivity index (χ0n) is 18.3. The molecule has 0 bridgehead atoms. The minimum atomic E-state index is -3.57. The van der Waals surface area contributed by atoms with Crippen LogP contribution in [0.25, 0.3) is 0 Å². The minimum absolute atomic E-state index is 0.244. The predicted molar refractivity (Wildman–Crippen MR) is 119 cm³/mol. The van der Waals surface area contributed by atoms with Crippen LogP contribution in [0.5, 0.6) is 5.75 Å². The van der Waals surface area contributed by atoms with Gasteiger partial charge in [0.05, 0.1) is 18.6 Å². The summed E-state index contributed by atoms with van der Waals surface area (Å²) in [5.41, 5.74) is 3.49. The molecule has 2 aromatic carbocycles. The van der Waals surface area contributed by atoms with Gasteiger partial charge in [0.25, 0.3) is 0 Å². The lowest BCUT2D eigenvalue weighted by molar-refractivity contribution is -0.156. The molecular weight excluding hydrogens is 434 g/mol. The molecule has 0 fully saturated rings. The van der Waals surface area contributed by atoms with Gasteiger partial charge in [-0.25, -0.2) is 4.79 Å². The predicted octanol–water partition coefficient (Wildman–Crippen LogP) is 3.40. The first-order chi connectivity index (χ1) is 15.3. The fourth-order valence-corrected chi connectivity index (χ4v) is 3.84. The van der Waals surface area contributed by atoms with Crippen molar-refractivity contribution in [3.05, 3.63) is 65.2 Å². The fraction of sp³-hybridized carbons (Fsp3) is 0.391. The summed E-state index contributed by atoms with van der Waals surface area (Å²) in [6.45, 7) is 4.33. The van der Waals surface area contributed by atoms with Gasteiger partial charge in [-0.15, -0.1) is 0 Å². The lowest BCUT2D eigenvalue weighted by Gasteiger charge is -2.16. The van der Waals surface area contributed by atoms with Crippen molar-refractivity contribution in [2.75, 3.05) is 19.5 Å². The van der Waals surface area contributed by atoms with E-state index in [1.807, 2.05) is 31.2 Å². The monoisotopic (exact) mass is 461 g/mol. The van der Waals surface area contributed by atoms with E-state index in [9.17, 15) is 13.2 Å². The van der Waals surface area contributed by atoms with E-state index in [4.69, 9.17) is 18.5 Å². The first-order valence-corrected chi connectivity index (χ1v) is 12.2. The van der Waals surface area contributed by atoms with E-state index < -0.39 is 16.2 Å². The number of hydrogen-bond acceptors (Lipinski definition) is 8. The van der Waals surface area contributed by atoms with Gasteiger partial charge < -0.3 is 18.5 Å². The summed E-state index contributed by atoms with van der Waals surface area (Å²) in [7, 11) is -3.57. The van der Waals surface area contributed by atoms with E-state index in [0.717, 1.165) is 28.7 Å². The smallest absolute Gasteiger partial charge is 0.335 e. The third kappa shape index (κ3) is 6.54. The van der Waals surface area contributed by atoms with Crippen molar-refractivity contribution in [1.82, 2.24) is 0 Å². The highest BCUT2D eigenvalue weighted by Gasteiger charge is 2.25. The van der Waals surface area contributed by atoms with Crippen molar-refractivity contribution in [1.29, 1.82) is 0 Å². The third-order valence-corrected chi connectivity index (χ3v) is 5.26. The molecule has 32 heavy (non-hydrogen) atoms. The minimum Gasteiger partial charge on any atom is -0.464 e. The van der Waals surface area contributed by atoms with Gasteiger partial charge in [-0.05, 0) is 48.7 Å². The fourth-order valence-electron chi connectivity index (χ4n) is 3.38. The number of oxime groups is 1. The van der Waals surface area contributed by atoms with E-state index in [-0.39, 0.29) is 17.8 Å². The average molecular weight is 462 g/mol. The molecule has 0 aromatic heterocycles. The molecule has 172 valence electrons. The van der Waals surface area contributed by atoms with Crippen LogP contribution in [0.15, 0.2) is 53.7 Å². The summed E-state index contributed by atoms with van der Waals surface area (Å²) < 4.78 is 38.0. The van der Waals surface area contributed by atoms with Crippen LogP contribution in [0.1, 0.15) is 43.1 Å². The molecule has 0 saturated carbocycles. The zero-order chi connectivity index (χ0) is 23.1. The lowest BCUT2D eigenvalue weighted by atomic mass is 9.97. The van der Waals surface area contributed by atoms with Gasteiger partial charge in [-0.2, -0.15) is 8.42 Å². The van der Waals surface area contributed by atoms with E-state index in [0.29, 0.717) is 26.1 Å². The lowest BCUT2D eigenvalue weighted by Crippen LogP contribution is -2.29. The molecule has 9 heteroatoms. The molecule has 0 saturated heterocycles.